The van der Waals surface area contributed by atoms with Gasteiger partial charge in [-0.05, 0) is 32.1 Å². The van der Waals surface area contributed by atoms with Crippen LogP contribution in [-0.2, 0) is 25.6 Å². The molecule has 3 N–H and O–H groups in total. The normalized spacial score (nSPS) is 16.8. The highest BCUT2D eigenvalue weighted by molar-refractivity contribution is 8.13. The van der Waals surface area contributed by atoms with Crippen molar-refractivity contribution in [2.75, 3.05) is 11.1 Å². The third kappa shape index (κ3) is 7.26. The lowest BCUT2D eigenvalue weighted by Crippen LogP contribution is -2.42. The second-order valence-corrected chi connectivity index (χ2v) is 10.3. The number of nitrogens with one attached hydrogen (secondary N) is 2. The van der Waals surface area contributed by atoms with Crippen LogP contribution in [0.2, 0.25) is 0 Å². The first-order chi connectivity index (χ1) is 15.2. The Morgan fingerprint density at radius 1 is 1.19 bits per heavy atom. The number of carboxylic acids is 1. The minimum Gasteiger partial charge on any atom is -0.480 e. The minimum absolute atomic E-state index is 0.0439. The molecule has 0 aromatic carbocycles. The summed E-state index contributed by atoms with van der Waals surface area (Å²) < 4.78 is 0. The van der Waals surface area contributed by atoms with Crippen molar-refractivity contribution in [3.63, 3.8) is 0 Å². The monoisotopic (exact) mass is 484 g/mol. The molecule has 32 heavy (non-hydrogen) atoms. The van der Waals surface area contributed by atoms with Crippen LogP contribution in [0.5, 0.6) is 0 Å². The lowest BCUT2D eigenvalue weighted by atomic mass is 9.76. The van der Waals surface area contributed by atoms with Crippen molar-refractivity contribution in [1.82, 2.24) is 15.5 Å². The average Bonchev–Trinajstić information content (AvgIpc) is 3.40. The maximum atomic E-state index is 13.3. The molecule has 0 saturated heterocycles. The molecule has 178 valence electrons. The van der Waals surface area contributed by atoms with Crippen molar-refractivity contribution in [3.8, 4) is 0 Å². The molecule has 2 atom stereocenters. The number of carbonyl (C=O) groups excluding carboxylic acids is 3. The van der Waals surface area contributed by atoms with Crippen LogP contribution in [0.15, 0.2) is 0 Å². The van der Waals surface area contributed by atoms with Gasteiger partial charge < -0.3 is 15.7 Å². The maximum absolute atomic E-state index is 13.3. The number of aliphatic carboxylic acids is 1. The molecule has 0 radical (unpaired) electrons. The van der Waals surface area contributed by atoms with Crippen molar-refractivity contribution >= 4 is 51.1 Å². The van der Waals surface area contributed by atoms with E-state index in [1.165, 1.54) is 18.3 Å². The van der Waals surface area contributed by atoms with Crippen molar-refractivity contribution < 1.29 is 24.3 Å². The zero-order valence-corrected chi connectivity index (χ0v) is 20.4. The van der Waals surface area contributed by atoms with E-state index < -0.39 is 23.3 Å². The SMILES string of the molecule is CCC[C@H](CC1(C(=O)Nc2nnc(CC)s2)CCCC1)C(=O)SC[C@H](NC(C)=O)C(=O)O. The molecule has 1 aliphatic carbocycles. The Bertz CT molecular complexity index is 823. The first-order valence-electron chi connectivity index (χ1n) is 11.0. The summed E-state index contributed by atoms with van der Waals surface area (Å²) in [5.41, 5.74) is -0.641. The molecule has 1 fully saturated rings. The van der Waals surface area contributed by atoms with Gasteiger partial charge in [-0.2, -0.15) is 0 Å². The molecule has 1 aliphatic rings. The number of aryl methyl sites for hydroxylation is 1. The third-order valence-corrected chi connectivity index (χ3v) is 7.81. The van der Waals surface area contributed by atoms with Crippen LogP contribution in [0.3, 0.4) is 0 Å². The van der Waals surface area contributed by atoms with Crippen LogP contribution >= 0.6 is 23.1 Å². The number of thioether (sulfide) groups is 1. The number of aromatic nitrogens is 2. The van der Waals surface area contributed by atoms with Gasteiger partial charge in [-0.25, -0.2) is 4.79 Å². The zero-order chi connectivity index (χ0) is 23.7. The summed E-state index contributed by atoms with van der Waals surface area (Å²) in [6.45, 7) is 5.20. The summed E-state index contributed by atoms with van der Waals surface area (Å²) >= 11 is 2.28. The minimum atomic E-state index is -1.18. The fourth-order valence-corrected chi connectivity index (χ4v) is 5.75. The van der Waals surface area contributed by atoms with Gasteiger partial charge in [0, 0.05) is 18.6 Å². The number of rotatable bonds is 12. The van der Waals surface area contributed by atoms with Gasteiger partial charge in [-0.3, -0.25) is 14.4 Å². The van der Waals surface area contributed by atoms with Gasteiger partial charge in [0.1, 0.15) is 11.0 Å². The summed E-state index contributed by atoms with van der Waals surface area (Å²) in [5, 5.41) is 23.8. The van der Waals surface area contributed by atoms with Gasteiger partial charge in [0.2, 0.25) is 16.9 Å². The van der Waals surface area contributed by atoms with Crippen LogP contribution in [-0.4, -0.2) is 50.0 Å². The number of nitrogens with zero attached hydrogens (tertiary/aromatic N) is 2. The summed E-state index contributed by atoms with van der Waals surface area (Å²) in [7, 11) is 0. The number of amides is 2. The van der Waals surface area contributed by atoms with E-state index in [0.717, 1.165) is 42.5 Å². The second kappa shape index (κ2) is 12.3. The topological polar surface area (TPSA) is 138 Å². The number of hydrogen-bond acceptors (Lipinski definition) is 8. The van der Waals surface area contributed by atoms with E-state index in [-0.39, 0.29) is 22.7 Å². The number of carboxylic acid groups (broad SMARTS) is 1. The van der Waals surface area contributed by atoms with Gasteiger partial charge in [-0.15, -0.1) is 10.2 Å². The van der Waals surface area contributed by atoms with Crippen LogP contribution in [0.25, 0.3) is 0 Å². The Morgan fingerprint density at radius 2 is 1.88 bits per heavy atom. The molecule has 9 nitrogen and oxygen atoms in total. The number of anilines is 1. The van der Waals surface area contributed by atoms with Crippen LogP contribution in [0.4, 0.5) is 5.13 Å². The van der Waals surface area contributed by atoms with E-state index in [1.54, 1.807) is 0 Å². The summed E-state index contributed by atoms with van der Waals surface area (Å²) in [6, 6.07) is -1.13. The molecule has 0 unspecified atom stereocenters. The molecule has 0 aliphatic heterocycles. The van der Waals surface area contributed by atoms with E-state index in [4.69, 9.17) is 0 Å². The second-order valence-electron chi connectivity index (χ2n) is 8.21. The van der Waals surface area contributed by atoms with E-state index >= 15 is 0 Å². The smallest absolute Gasteiger partial charge is 0.327 e. The molecular formula is C21H32N4O5S2. The number of carbonyl (C=O) groups is 4. The lowest BCUT2D eigenvalue weighted by Gasteiger charge is -2.31. The molecule has 1 heterocycles. The predicted molar refractivity (Wildman–Crippen MR) is 125 cm³/mol. The molecule has 2 amide bonds. The summed E-state index contributed by atoms with van der Waals surface area (Å²) in [5.74, 6) is -2.16. The lowest BCUT2D eigenvalue weighted by molar-refractivity contribution is -0.140. The first-order valence-corrected chi connectivity index (χ1v) is 12.8. The highest BCUT2D eigenvalue weighted by Crippen LogP contribution is 2.45. The molecule has 0 bridgehead atoms. The molecule has 2 rings (SSSR count). The van der Waals surface area contributed by atoms with Crippen LogP contribution < -0.4 is 10.6 Å². The Hall–Kier alpha value is -2.01. The molecule has 11 heteroatoms. The van der Waals surface area contributed by atoms with Crippen molar-refractivity contribution in [2.45, 2.75) is 78.2 Å². The van der Waals surface area contributed by atoms with Gasteiger partial charge in [0.05, 0.1) is 5.41 Å². The molecule has 1 saturated carbocycles. The zero-order valence-electron chi connectivity index (χ0n) is 18.8. The average molecular weight is 485 g/mol. The Balaban J connectivity index is 2.09. The van der Waals surface area contributed by atoms with Crippen LogP contribution in [0, 0.1) is 11.3 Å². The quantitative estimate of drug-likeness (QED) is 0.411. The van der Waals surface area contributed by atoms with E-state index in [0.29, 0.717) is 30.8 Å². The van der Waals surface area contributed by atoms with Gasteiger partial charge in [-0.1, -0.05) is 56.2 Å². The van der Waals surface area contributed by atoms with Crippen molar-refractivity contribution in [1.29, 1.82) is 0 Å². The molecule has 0 spiro atoms. The molecule has 1 aromatic rings. The number of hydrogen-bond donors (Lipinski definition) is 3. The van der Waals surface area contributed by atoms with Gasteiger partial charge >= 0.3 is 5.97 Å². The van der Waals surface area contributed by atoms with Gasteiger partial charge in [0.15, 0.2) is 5.12 Å². The van der Waals surface area contributed by atoms with Gasteiger partial charge in [0.25, 0.3) is 0 Å². The maximum Gasteiger partial charge on any atom is 0.327 e. The third-order valence-electron chi connectivity index (χ3n) is 5.71. The fourth-order valence-electron chi connectivity index (χ4n) is 4.08. The first kappa shape index (κ1) is 26.2. The largest absolute Gasteiger partial charge is 0.480 e. The molecular weight excluding hydrogens is 452 g/mol. The van der Waals surface area contributed by atoms with Crippen LogP contribution in [0.1, 0.15) is 70.7 Å². The van der Waals surface area contributed by atoms with Crippen molar-refractivity contribution in [3.05, 3.63) is 5.01 Å². The fraction of sp³-hybridized carbons (Fsp3) is 0.714. The molecule has 1 aromatic heterocycles. The Morgan fingerprint density at radius 3 is 2.41 bits per heavy atom. The Labute approximate surface area is 196 Å². The van der Waals surface area contributed by atoms with E-state index in [2.05, 4.69) is 20.8 Å². The summed E-state index contributed by atoms with van der Waals surface area (Å²) in [4.78, 5) is 48.9. The van der Waals surface area contributed by atoms with E-state index in [1.807, 2.05) is 13.8 Å². The standard InChI is InChI=1S/C21H32N4O5S2/c1-4-8-14(18(29)31-12-15(17(27)28)22-13(3)26)11-21(9-6-7-10-21)19(30)23-20-25-24-16(5-2)32-20/h14-15H,4-12H2,1-3H3,(H,22,26)(H,27,28)(H,23,25,30)/t14-,15+/m1/s1. The van der Waals surface area contributed by atoms with E-state index in [9.17, 15) is 24.3 Å². The highest BCUT2D eigenvalue weighted by atomic mass is 32.2. The highest BCUT2D eigenvalue weighted by Gasteiger charge is 2.44. The summed E-state index contributed by atoms with van der Waals surface area (Å²) in [6.07, 6.45) is 5.84. The van der Waals surface area contributed by atoms with Crippen molar-refractivity contribution in [2.24, 2.45) is 11.3 Å². The predicted octanol–water partition coefficient (Wildman–Crippen LogP) is 3.25. The Kier molecular flexibility index (Phi) is 10.1.